The highest BCUT2D eigenvalue weighted by atomic mass is 32.1. The van der Waals surface area contributed by atoms with Gasteiger partial charge in [-0.1, -0.05) is 65.9 Å². The second-order valence-corrected chi connectivity index (χ2v) is 10.0. The van der Waals surface area contributed by atoms with Crippen molar-refractivity contribution in [3.8, 4) is 5.75 Å². The number of hydrogen-bond donors (Lipinski definition) is 1. The number of ether oxygens (including phenoxy) is 1. The number of nitrogens with zero attached hydrogens (tertiary/aromatic N) is 4. The van der Waals surface area contributed by atoms with Crippen LogP contribution < -0.4 is 15.0 Å². The van der Waals surface area contributed by atoms with Gasteiger partial charge in [-0.15, -0.1) is 10.2 Å². The quantitative estimate of drug-likeness (QED) is 0.250. The number of nitrogens with one attached hydrogen (secondary N) is 1. The maximum Gasteiger partial charge on any atom is 0.328 e. The van der Waals surface area contributed by atoms with E-state index in [2.05, 4.69) is 26.6 Å². The first-order valence-electron chi connectivity index (χ1n) is 12.2. The van der Waals surface area contributed by atoms with Crippen LogP contribution in [0.4, 0.5) is 15.6 Å². The third-order valence-electron chi connectivity index (χ3n) is 6.20. The van der Waals surface area contributed by atoms with Gasteiger partial charge in [0.15, 0.2) is 0 Å². The number of pyridine rings is 1. The van der Waals surface area contributed by atoms with E-state index in [0.717, 1.165) is 45.7 Å². The predicted molar refractivity (Wildman–Crippen MR) is 146 cm³/mol. The van der Waals surface area contributed by atoms with Gasteiger partial charge in [0.2, 0.25) is 5.13 Å². The van der Waals surface area contributed by atoms with Gasteiger partial charge in [0.05, 0.1) is 17.8 Å². The minimum atomic E-state index is -0.253. The Bertz CT molecular complexity index is 1520. The summed E-state index contributed by atoms with van der Waals surface area (Å²) in [5.41, 5.74) is 3.58. The van der Waals surface area contributed by atoms with Crippen LogP contribution in [0.1, 0.15) is 35.0 Å². The number of aromatic nitrogens is 3. The molecule has 0 radical (unpaired) electrons. The second kappa shape index (κ2) is 10.4. The van der Waals surface area contributed by atoms with Crippen molar-refractivity contribution >= 4 is 39.1 Å². The zero-order valence-corrected chi connectivity index (χ0v) is 20.9. The van der Waals surface area contributed by atoms with Gasteiger partial charge in [-0.3, -0.25) is 10.2 Å². The standard InChI is InChI=1S/C29H25N5O2S/c35-29(31-28-33-32-27(37-28)22-10-11-22)34(18-20-6-2-1-3-7-20)24-14-16-25(17-15-24)36-19-23-13-12-21-8-4-5-9-26(21)30-23/h1-9,12-17,22H,10-11,18-19H2,(H,31,33,35). The Labute approximate surface area is 218 Å². The van der Waals surface area contributed by atoms with Crippen molar-refractivity contribution in [3.63, 3.8) is 0 Å². The number of carbonyl (C=O) groups is 1. The summed E-state index contributed by atoms with van der Waals surface area (Å²) in [6.07, 6.45) is 2.29. The number of amides is 2. The van der Waals surface area contributed by atoms with Crippen LogP contribution in [-0.4, -0.2) is 21.2 Å². The third-order valence-corrected chi connectivity index (χ3v) is 7.20. The molecule has 7 nitrogen and oxygen atoms in total. The lowest BCUT2D eigenvalue weighted by atomic mass is 10.2. The molecule has 0 saturated heterocycles. The minimum absolute atomic E-state index is 0.253. The Morgan fingerprint density at radius 1 is 0.919 bits per heavy atom. The van der Waals surface area contributed by atoms with Crippen molar-refractivity contribution in [2.75, 3.05) is 10.2 Å². The molecule has 2 heterocycles. The molecule has 0 unspecified atom stereocenters. The van der Waals surface area contributed by atoms with Crippen molar-refractivity contribution in [1.82, 2.24) is 15.2 Å². The zero-order chi connectivity index (χ0) is 25.0. The average Bonchev–Trinajstić information content (AvgIpc) is 3.70. The largest absolute Gasteiger partial charge is 0.487 e. The van der Waals surface area contributed by atoms with E-state index in [4.69, 9.17) is 4.74 Å². The Hall–Kier alpha value is -4.30. The van der Waals surface area contributed by atoms with Crippen LogP contribution in [0.25, 0.3) is 10.9 Å². The molecule has 0 aliphatic heterocycles. The van der Waals surface area contributed by atoms with E-state index in [0.29, 0.717) is 30.0 Å². The second-order valence-electron chi connectivity index (χ2n) is 9.00. The van der Waals surface area contributed by atoms with Gasteiger partial charge in [0.1, 0.15) is 17.4 Å². The van der Waals surface area contributed by atoms with Crippen LogP contribution in [0, 0.1) is 0 Å². The molecule has 37 heavy (non-hydrogen) atoms. The average molecular weight is 508 g/mol. The van der Waals surface area contributed by atoms with Crippen molar-refractivity contribution < 1.29 is 9.53 Å². The molecule has 0 atom stereocenters. The fraction of sp³-hybridized carbons (Fsp3) is 0.172. The van der Waals surface area contributed by atoms with Crippen LogP contribution in [0.15, 0.2) is 91.0 Å². The molecule has 8 heteroatoms. The topological polar surface area (TPSA) is 80.2 Å². The molecule has 6 rings (SSSR count). The maximum absolute atomic E-state index is 13.3. The third kappa shape index (κ3) is 5.59. The van der Waals surface area contributed by atoms with E-state index in [1.54, 1.807) is 4.90 Å². The Balaban J connectivity index is 1.16. The van der Waals surface area contributed by atoms with Crippen LogP contribution >= 0.6 is 11.3 Å². The summed E-state index contributed by atoms with van der Waals surface area (Å²) in [5.74, 6) is 1.21. The van der Waals surface area contributed by atoms with Gasteiger partial charge in [0, 0.05) is 17.0 Å². The van der Waals surface area contributed by atoms with Crippen LogP contribution in [0.2, 0.25) is 0 Å². The summed E-state index contributed by atoms with van der Waals surface area (Å²) in [6, 6.07) is 29.2. The first-order chi connectivity index (χ1) is 18.2. The Morgan fingerprint density at radius 2 is 1.70 bits per heavy atom. The number of urea groups is 1. The molecule has 1 aliphatic rings. The lowest BCUT2D eigenvalue weighted by molar-refractivity contribution is 0.256. The van der Waals surface area contributed by atoms with Gasteiger partial charge in [-0.25, -0.2) is 9.78 Å². The highest BCUT2D eigenvalue weighted by molar-refractivity contribution is 7.15. The Morgan fingerprint density at radius 3 is 2.51 bits per heavy atom. The Kier molecular flexibility index (Phi) is 6.47. The van der Waals surface area contributed by atoms with Crippen LogP contribution in [0.3, 0.4) is 0 Å². The molecule has 1 saturated carbocycles. The molecule has 2 aromatic heterocycles. The SMILES string of the molecule is O=C(Nc1nnc(C2CC2)s1)N(Cc1ccccc1)c1ccc(OCc2ccc3ccccc3n2)cc1. The number of para-hydroxylation sites is 1. The summed E-state index contributed by atoms with van der Waals surface area (Å²) in [7, 11) is 0. The molecule has 0 bridgehead atoms. The summed E-state index contributed by atoms with van der Waals surface area (Å²) >= 11 is 1.45. The van der Waals surface area contributed by atoms with Gasteiger partial charge in [-0.2, -0.15) is 0 Å². The maximum atomic E-state index is 13.3. The number of carbonyl (C=O) groups excluding carboxylic acids is 1. The number of fused-ring (bicyclic) bond motifs is 1. The summed E-state index contributed by atoms with van der Waals surface area (Å²) < 4.78 is 5.98. The fourth-order valence-electron chi connectivity index (χ4n) is 4.05. The molecule has 184 valence electrons. The van der Waals surface area contributed by atoms with E-state index in [9.17, 15) is 4.79 Å². The molecule has 5 aromatic rings. The van der Waals surface area contributed by atoms with Crippen LogP contribution in [-0.2, 0) is 13.2 Å². The molecular formula is C29H25N5O2S. The smallest absolute Gasteiger partial charge is 0.328 e. The first-order valence-corrected chi connectivity index (χ1v) is 13.1. The van der Waals surface area contributed by atoms with Crippen molar-refractivity contribution in [2.24, 2.45) is 0 Å². The molecular weight excluding hydrogens is 482 g/mol. The summed E-state index contributed by atoms with van der Waals surface area (Å²) in [5, 5.41) is 14.0. The molecule has 1 fully saturated rings. The number of benzene rings is 3. The summed E-state index contributed by atoms with van der Waals surface area (Å²) in [4.78, 5) is 19.7. The van der Waals surface area contributed by atoms with Crippen molar-refractivity contribution in [3.05, 3.63) is 107 Å². The van der Waals surface area contributed by atoms with E-state index >= 15 is 0 Å². The lowest BCUT2D eigenvalue weighted by Crippen LogP contribution is -2.34. The number of rotatable bonds is 8. The van der Waals surface area contributed by atoms with E-state index < -0.39 is 0 Å². The van der Waals surface area contributed by atoms with Gasteiger partial charge in [0.25, 0.3) is 0 Å². The van der Waals surface area contributed by atoms with E-state index in [1.165, 1.54) is 11.3 Å². The highest BCUT2D eigenvalue weighted by Crippen LogP contribution is 2.42. The highest BCUT2D eigenvalue weighted by Gasteiger charge is 2.28. The predicted octanol–water partition coefficient (Wildman–Crippen LogP) is 6.78. The normalized spacial score (nSPS) is 12.9. The van der Waals surface area contributed by atoms with Gasteiger partial charge < -0.3 is 4.74 Å². The number of anilines is 2. The molecule has 0 spiro atoms. The van der Waals surface area contributed by atoms with Crippen LogP contribution in [0.5, 0.6) is 5.75 Å². The monoisotopic (exact) mass is 507 g/mol. The molecule has 2 amide bonds. The van der Waals surface area contributed by atoms with Crippen molar-refractivity contribution in [1.29, 1.82) is 0 Å². The molecule has 1 N–H and O–H groups in total. The fourth-order valence-corrected chi connectivity index (χ4v) is 4.96. The lowest BCUT2D eigenvalue weighted by Gasteiger charge is -2.23. The number of hydrogen-bond acceptors (Lipinski definition) is 6. The van der Waals surface area contributed by atoms with Gasteiger partial charge >= 0.3 is 6.03 Å². The minimum Gasteiger partial charge on any atom is -0.487 e. The molecule has 1 aliphatic carbocycles. The first kappa shape index (κ1) is 23.1. The van der Waals surface area contributed by atoms with E-state index in [1.807, 2.05) is 84.9 Å². The molecule has 3 aromatic carbocycles. The summed E-state index contributed by atoms with van der Waals surface area (Å²) in [6.45, 7) is 0.779. The zero-order valence-electron chi connectivity index (χ0n) is 20.1. The van der Waals surface area contributed by atoms with E-state index in [-0.39, 0.29) is 6.03 Å². The van der Waals surface area contributed by atoms with Crippen molar-refractivity contribution in [2.45, 2.75) is 31.9 Å². The van der Waals surface area contributed by atoms with Gasteiger partial charge in [-0.05, 0) is 54.8 Å².